The van der Waals surface area contributed by atoms with Crippen molar-refractivity contribution in [2.24, 2.45) is 11.8 Å². The van der Waals surface area contributed by atoms with Gasteiger partial charge in [-0.25, -0.2) is 0 Å². The van der Waals surface area contributed by atoms with Gasteiger partial charge >= 0.3 is 0 Å². The van der Waals surface area contributed by atoms with Crippen molar-refractivity contribution in [3.8, 4) is 0 Å². The van der Waals surface area contributed by atoms with Gasteiger partial charge in [-0.2, -0.15) is 0 Å². The molecule has 0 aromatic heterocycles. The first-order valence-corrected chi connectivity index (χ1v) is 4.32. The zero-order valence-corrected chi connectivity index (χ0v) is 7.84. The summed E-state index contributed by atoms with van der Waals surface area (Å²) in [4.78, 5) is 0. The summed E-state index contributed by atoms with van der Waals surface area (Å²) < 4.78 is 4.93. The van der Waals surface area contributed by atoms with Gasteiger partial charge in [-0.1, -0.05) is 13.8 Å². The highest BCUT2D eigenvalue weighted by atomic mass is 16.5. The van der Waals surface area contributed by atoms with E-state index in [2.05, 4.69) is 13.8 Å². The smallest absolute Gasteiger partial charge is 0.0462 e. The lowest BCUT2D eigenvalue weighted by molar-refractivity contribution is 0.150. The molecule has 0 saturated carbocycles. The molecular weight excluding hydrogens is 140 g/mol. The number of aliphatic hydroxyl groups is 1. The van der Waals surface area contributed by atoms with Crippen molar-refractivity contribution in [1.29, 1.82) is 0 Å². The fraction of sp³-hybridized carbons (Fsp3) is 1.00. The third kappa shape index (κ3) is 5.22. The molecule has 0 aliphatic rings. The van der Waals surface area contributed by atoms with Gasteiger partial charge in [0.05, 0.1) is 0 Å². The molecule has 0 bridgehead atoms. The number of rotatable bonds is 6. The van der Waals surface area contributed by atoms with Crippen LogP contribution in [0.3, 0.4) is 0 Å². The number of hydrogen-bond donors (Lipinski definition) is 1. The monoisotopic (exact) mass is 160 g/mol. The van der Waals surface area contributed by atoms with Crippen molar-refractivity contribution >= 4 is 0 Å². The lowest BCUT2D eigenvalue weighted by Crippen LogP contribution is -2.13. The minimum Gasteiger partial charge on any atom is -0.396 e. The number of methoxy groups -OCH3 is 1. The van der Waals surface area contributed by atoms with Crippen LogP contribution in [0.15, 0.2) is 0 Å². The van der Waals surface area contributed by atoms with Gasteiger partial charge in [0.1, 0.15) is 0 Å². The van der Waals surface area contributed by atoms with Crippen molar-refractivity contribution in [3.05, 3.63) is 0 Å². The maximum atomic E-state index is 8.95. The van der Waals surface area contributed by atoms with E-state index in [1.165, 1.54) is 0 Å². The summed E-state index contributed by atoms with van der Waals surface area (Å²) in [5, 5.41) is 8.95. The van der Waals surface area contributed by atoms with E-state index in [1.807, 2.05) is 0 Å². The minimum atomic E-state index is 0.307. The standard InChI is InChI=1S/C9H20O2/c1-8(2)9(7-10)5-4-6-11-3/h8-10H,4-7H2,1-3H3/t9-/m1/s1. The van der Waals surface area contributed by atoms with E-state index in [1.54, 1.807) is 7.11 Å². The Morgan fingerprint density at radius 2 is 2.00 bits per heavy atom. The molecule has 1 N–H and O–H groups in total. The average Bonchev–Trinajstić information content (AvgIpc) is 1.97. The largest absolute Gasteiger partial charge is 0.396 e. The van der Waals surface area contributed by atoms with Crippen LogP contribution in [0, 0.1) is 11.8 Å². The van der Waals surface area contributed by atoms with Crippen LogP contribution < -0.4 is 0 Å². The van der Waals surface area contributed by atoms with Crippen molar-refractivity contribution in [2.45, 2.75) is 26.7 Å². The van der Waals surface area contributed by atoms with Crippen molar-refractivity contribution < 1.29 is 9.84 Å². The zero-order valence-electron chi connectivity index (χ0n) is 7.84. The highest BCUT2D eigenvalue weighted by molar-refractivity contribution is 4.61. The summed E-state index contributed by atoms with van der Waals surface area (Å²) >= 11 is 0. The van der Waals surface area contributed by atoms with E-state index in [9.17, 15) is 0 Å². The summed E-state index contributed by atoms with van der Waals surface area (Å²) in [7, 11) is 1.71. The zero-order chi connectivity index (χ0) is 8.69. The normalized spacial score (nSPS) is 13.9. The molecule has 0 aliphatic heterocycles. The molecule has 68 valence electrons. The van der Waals surface area contributed by atoms with Crippen LogP contribution in [0.2, 0.25) is 0 Å². The Hall–Kier alpha value is -0.0800. The van der Waals surface area contributed by atoms with E-state index in [0.717, 1.165) is 19.4 Å². The van der Waals surface area contributed by atoms with Crippen LogP contribution in [0.1, 0.15) is 26.7 Å². The van der Waals surface area contributed by atoms with E-state index < -0.39 is 0 Å². The second-order valence-corrected chi connectivity index (χ2v) is 3.32. The Labute approximate surface area is 69.6 Å². The number of aliphatic hydroxyl groups excluding tert-OH is 1. The van der Waals surface area contributed by atoms with Crippen LogP contribution in [-0.2, 0) is 4.74 Å². The maximum absolute atomic E-state index is 8.95. The molecule has 1 atom stereocenters. The molecule has 0 spiro atoms. The molecule has 0 unspecified atom stereocenters. The summed E-state index contributed by atoms with van der Waals surface area (Å²) in [5.41, 5.74) is 0. The first kappa shape index (κ1) is 10.9. The Morgan fingerprint density at radius 1 is 1.36 bits per heavy atom. The molecule has 0 aliphatic carbocycles. The van der Waals surface area contributed by atoms with Crippen LogP contribution in [0.25, 0.3) is 0 Å². The lowest BCUT2D eigenvalue weighted by atomic mass is 9.92. The topological polar surface area (TPSA) is 29.5 Å². The molecule has 0 aromatic rings. The molecule has 2 nitrogen and oxygen atoms in total. The Balaban J connectivity index is 3.36. The fourth-order valence-corrected chi connectivity index (χ4v) is 1.13. The van der Waals surface area contributed by atoms with Gasteiger partial charge in [0, 0.05) is 20.3 Å². The SMILES string of the molecule is COCCC[C@H](CO)C(C)C. The van der Waals surface area contributed by atoms with Crippen LogP contribution in [-0.4, -0.2) is 25.4 Å². The summed E-state index contributed by atoms with van der Waals surface area (Å²) in [6, 6.07) is 0. The molecule has 0 fully saturated rings. The third-order valence-electron chi connectivity index (χ3n) is 2.10. The van der Waals surface area contributed by atoms with Gasteiger partial charge in [-0.05, 0) is 24.7 Å². The predicted octanol–water partition coefficient (Wildman–Crippen LogP) is 1.68. The summed E-state index contributed by atoms with van der Waals surface area (Å²) in [6.45, 7) is 5.41. The van der Waals surface area contributed by atoms with E-state index in [4.69, 9.17) is 9.84 Å². The molecule has 2 heteroatoms. The second-order valence-electron chi connectivity index (χ2n) is 3.32. The first-order chi connectivity index (χ1) is 5.22. The Bertz CT molecular complexity index is 81.6. The van der Waals surface area contributed by atoms with E-state index in [0.29, 0.717) is 18.4 Å². The second kappa shape index (κ2) is 6.62. The van der Waals surface area contributed by atoms with Gasteiger partial charge in [-0.3, -0.25) is 0 Å². The highest BCUT2D eigenvalue weighted by Gasteiger charge is 2.10. The van der Waals surface area contributed by atoms with Gasteiger partial charge in [0.25, 0.3) is 0 Å². The van der Waals surface area contributed by atoms with E-state index in [-0.39, 0.29) is 0 Å². The van der Waals surface area contributed by atoms with Crippen molar-refractivity contribution in [2.75, 3.05) is 20.3 Å². The molecular formula is C9H20O2. The Morgan fingerprint density at radius 3 is 2.36 bits per heavy atom. The molecule has 0 amide bonds. The molecule has 0 radical (unpaired) electrons. The molecule has 0 rings (SSSR count). The van der Waals surface area contributed by atoms with Crippen LogP contribution in [0.5, 0.6) is 0 Å². The van der Waals surface area contributed by atoms with Gasteiger partial charge < -0.3 is 9.84 Å². The molecule has 0 heterocycles. The van der Waals surface area contributed by atoms with Crippen LogP contribution in [0.4, 0.5) is 0 Å². The Kier molecular flexibility index (Phi) is 6.57. The number of hydrogen-bond acceptors (Lipinski definition) is 2. The molecule has 0 aromatic carbocycles. The number of ether oxygens (including phenoxy) is 1. The summed E-state index contributed by atoms with van der Waals surface area (Å²) in [6.07, 6.45) is 2.13. The third-order valence-corrected chi connectivity index (χ3v) is 2.10. The van der Waals surface area contributed by atoms with Gasteiger partial charge in [0.2, 0.25) is 0 Å². The lowest BCUT2D eigenvalue weighted by Gasteiger charge is -2.17. The highest BCUT2D eigenvalue weighted by Crippen LogP contribution is 2.15. The molecule has 11 heavy (non-hydrogen) atoms. The van der Waals surface area contributed by atoms with Crippen LogP contribution >= 0.6 is 0 Å². The quantitative estimate of drug-likeness (QED) is 0.599. The maximum Gasteiger partial charge on any atom is 0.0462 e. The summed E-state index contributed by atoms with van der Waals surface area (Å²) in [5.74, 6) is 1.03. The van der Waals surface area contributed by atoms with Gasteiger partial charge in [0.15, 0.2) is 0 Å². The van der Waals surface area contributed by atoms with Crippen molar-refractivity contribution in [3.63, 3.8) is 0 Å². The predicted molar refractivity (Wildman–Crippen MR) is 46.5 cm³/mol. The van der Waals surface area contributed by atoms with E-state index >= 15 is 0 Å². The van der Waals surface area contributed by atoms with Gasteiger partial charge in [-0.15, -0.1) is 0 Å². The average molecular weight is 160 g/mol. The fourth-order valence-electron chi connectivity index (χ4n) is 1.13. The minimum absolute atomic E-state index is 0.307. The molecule has 0 saturated heterocycles. The van der Waals surface area contributed by atoms with Crippen molar-refractivity contribution in [1.82, 2.24) is 0 Å². The first-order valence-electron chi connectivity index (χ1n) is 4.32.